The number of rotatable bonds is 5. The highest BCUT2D eigenvalue weighted by atomic mass is 16.7. The van der Waals surface area contributed by atoms with Gasteiger partial charge < -0.3 is 19.3 Å². The van der Waals surface area contributed by atoms with E-state index in [1.807, 2.05) is 0 Å². The molecule has 0 aromatic carbocycles. The summed E-state index contributed by atoms with van der Waals surface area (Å²) in [4.78, 5) is 8.96. The van der Waals surface area contributed by atoms with Crippen LogP contribution in [-0.4, -0.2) is 60.9 Å². The van der Waals surface area contributed by atoms with Crippen LogP contribution < -0.4 is 9.80 Å². The molecule has 1 aromatic heterocycles. The Bertz CT molecular complexity index is 483. The van der Waals surface area contributed by atoms with Crippen molar-refractivity contribution >= 4 is 11.8 Å². The molecule has 0 saturated carbocycles. The Morgan fingerprint density at radius 2 is 2.00 bits per heavy atom. The third kappa shape index (κ3) is 3.30. The van der Waals surface area contributed by atoms with Crippen LogP contribution in [0.1, 0.15) is 32.6 Å². The van der Waals surface area contributed by atoms with E-state index in [0.717, 1.165) is 44.7 Å². The smallest absolute Gasteiger partial charge is 0.247 e. The van der Waals surface area contributed by atoms with E-state index in [0.29, 0.717) is 19.2 Å². The molecule has 122 valence electrons. The van der Waals surface area contributed by atoms with Gasteiger partial charge in [0.1, 0.15) is 0 Å². The minimum Gasteiger partial charge on any atom is -0.358 e. The highest BCUT2D eigenvalue weighted by molar-refractivity contribution is 5.41. The third-order valence-electron chi connectivity index (χ3n) is 4.39. The van der Waals surface area contributed by atoms with Crippen LogP contribution in [0, 0.1) is 0 Å². The minimum absolute atomic E-state index is 0.362. The van der Waals surface area contributed by atoms with Crippen molar-refractivity contribution in [1.82, 2.24) is 15.2 Å². The molecular weight excluding hydrogens is 282 g/mol. The molecule has 2 saturated heterocycles. The number of piperidine rings is 1. The molecule has 2 aliphatic heterocycles. The highest BCUT2D eigenvalue weighted by Crippen LogP contribution is 2.32. The van der Waals surface area contributed by atoms with Gasteiger partial charge in [0, 0.05) is 39.5 Å². The van der Waals surface area contributed by atoms with E-state index >= 15 is 0 Å². The van der Waals surface area contributed by atoms with Crippen LogP contribution in [0.5, 0.6) is 0 Å². The Morgan fingerprint density at radius 1 is 1.27 bits per heavy atom. The maximum atomic E-state index is 5.76. The Labute approximate surface area is 131 Å². The van der Waals surface area contributed by atoms with Gasteiger partial charge in [-0.3, -0.25) is 0 Å². The monoisotopic (exact) mass is 307 g/mol. The lowest BCUT2D eigenvalue weighted by Crippen LogP contribution is -2.45. The molecule has 1 spiro atoms. The molecular formula is C15H25N5O2. The Kier molecular flexibility index (Phi) is 4.73. The van der Waals surface area contributed by atoms with Crippen LogP contribution in [-0.2, 0) is 9.47 Å². The van der Waals surface area contributed by atoms with Crippen LogP contribution in [0.4, 0.5) is 11.8 Å². The fourth-order valence-electron chi connectivity index (χ4n) is 2.95. The topological polar surface area (TPSA) is 63.6 Å². The van der Waals surface area contributed by atoms with E-state index in [9.17, 15) is 0 Å². The second kappa shape index (κ2) is 6.75. The first-order valence-corrected chi connectivity index (χ1v) is 8.16. The van der Waals surface area contributed by atoms with E-state index in [1.165, 1.54) is 6.42 Å². The lowest BCUT2D eigenvalue weighted by molar-refractivity contribution is -0.169. The maximum Gasteiger partial charge on any atom is 0.247 e. The molecule has 3 rings (SSSR count). The van der Waals surface area contributed by atoms with Crippen LogP contribution in [0.15, 0.2) is 6.20 Å². The number of unbranched alkanes of at least 4 members (excludes halogenated alkanes) is 1. The van der Waals surface area contributed by atoms with Crippen LogP contribution in [0.3, 0.4) is 0 Å². The van der Waals surface area contributed by atoms with Crippen molar-refractivity contribution in [2.24, 2.45) is 0 Å². The average Bonchev–Trinajstić information content (AvgIpc) is 3.01. The maximum absolute atomic E-state index is 5.76. The lowest BCUT2D eigenvalue weighted by Gasteiger charge is -2.37. The van der Waals surface area contributed by atoms with Crippen molar-refractivity contribution in [3.63, 3.8) is 0 Å². The molecule has 7 heteroatoms. The van der Waals surface area contributed by atoms with Crippen molar-refractivity contribution < 1.29 is 9.47 Å². The molecule has 2 aliphatic rings. The van der Waals surface area contributed by atoms with Crippen molar-refractivity contribution in [3.05, 3.63) is 6.20 Å². The van der Waals surface area contributed by atoms with Gasteiger partial charge in [-0.05, 0) is 6.42 Å². The minimum atomic E-state index is -0.362. The van der Waals surface area contributed by atoms with E-state index < -0.39 is 0 Å². The van der Waals surface area contributed by atoms with Gasteiger partial charge in [0.2, 0.25) is 5.95 Å². The van der Waals surface area contributed by atoms with Crippen LogP contribution in [0.2, 0.25) is 0 Å². The van der Waals surface area contributed by atoms with Gasteiger partial charge in [0.25, 0.3) is 0 Å². The Balaban J connectivity index is 1.63. The summed E-state index contributed by atoms with van der Waals surface area (Å²) in [6.07, 6.45) is 5.76. The molecule has 7 nitrogen and oxygen atoms in total. The number of aromatic nitrogens is 3. The molecule has 2 fully saturated rings. The van der Waals surface area contributed by atoms with Crippen LogP contribution >= 0.6 is 0 Å². The van der Waals surface area contributed by atoms with E-state index in [2.05, 4.69) is 39.0 Å². The SMILES string of the molecule is CCCCN(C)c1cnnc(N2CCC3(CC2)OCCO3)n1. The summed E-state index contributed by atoms with van der Waals surface area (Å²) in [5, 5.41) is 8.32. The van der Waals surface area contributed by atoms with Gasteiger partial charge in [-0.25, -0.2) is 0 Å². The van der Waals surface area contributed by atoms with Gasteiger partial charge >= 0.3 is 0 Å². The Morgan fingerprint density at radius 3 is 2.68 bits per heavy atom. The molecule has 22 heavy (non-hydrogen) atoms. The molecule has 0 aliphatic carbocycles. The summed E-state index contributed by atoms with van der Waals surface area (Å²) >= 11 is 0. The zero-order chi connectivity index (χ0) is 15.4. The predicted octanol–water partition coefficient (Wildman–Crippen LogP) is 1.45. The summed E-state index contributed by atoms with van der Waals surface area (Å²) < 4.78 is 11.5. The normalized spacial score (nSPS) is 20.5. The van der Waals surface area contributed by atoms with Crippen molar-refractivity contribution in [2.75, 3.05) is 49.7 Å². The van der Waals surface area contributed by atoms with E-state index in [4.69, 9.17) is 9.47 Å². The lowest BCUT2D eigenvalue weighted by atomic mass is 10.0. The van der Waals surface area contributed by atoms with Gasteiger partial charge in [0.05, 0.1) is 19.4 Å². The van der Waals surface area contributed by atoms with Gasteiger partial charge in [-0.15, -0.1) is 5.10 Å². The molecule has 0 amide bonds. The average molecular weight is 307 g/mol. The largest absolute Gasteiger partial charge is 0.358 e. The van der Waals surface area contributed by atoms with Crippen molar-refractivity contribution in [2.45, 2.75) is 38.4 Å². The first-order chi connectivity index (χ1) is 10.7. The second-order valence-corrected chi connectivity index (χ2v) is 5.98. The number of hydrogen-bond acceptors (Lipinski definition) is 7. The first-order valence-electron chi connectivity index (χ1n) is 8.16. The summed E-state index contributed by atoms with van der Waals surface area (Å²) in [7, 11) is 2.05. The summed E-state index contributed by atoms with van der Waals surface area (Å²) in [5.74, 6) is 1.22. The number of anilines is 2. The summed E-state index contributed by atoms with van der Waals surface area (Å²) in [5.41, 5.74) is 0. The zero-order valence-corrected chi connectivity index (χ0v) is 13.5. The van der Waals surface area contributed by atoms with Crippen molar-refractivity contribution in [3.8, 4) is 0 Å². The van der Waals surface area contributed by atoms with Gasteiger partial charge in [0.15, 0.2) is 11.6 Å². The first kappa shape index (κ1) is 15.4. The Hall–Kier alpha value is -1.47. The van der Waals surface area contributed by atoms with Gasteiger partial charge in [-0.1, -0.05) is 13.3 Å². The van der Waals surface area contributed by atoms with Crippen molar-refractivity contribution in [1.29, 1.82) is 0 Å². The quantitative estimate of drug-likeness (QED) is 0.816. The fraction of sp³-hybridized carbons (Fsp3) is 0.800. The highest BCUT2D eigenvalue weighted by Gasteiger charge is 2.40. The molecule has 0 unspecified atom stereocenters. The fourth-order valence-corrected chi connectivity index (χ4v) is 2.95. The van der Waals surface area contributed by atoms with E-state index in [1.54, 1.807) is 6.20 Å². The second-order valence-electron chi connectivity index (χ2n) is 5.98. The number of ether oxygens (including phenoxy) is 2. The molecule has 0 atom stereocenters. The molecule has 0 bridgehead atoms. The molecule has 1 aromatic rings. The van der Waals surface area contributed by atoms with Gasteiger partial charge in [-0.2, -0.15) is 10.1 Å². The molecule has 0 N–H and O–H groups in total. The summed E-state index contributed by atoms with van der Waals surface area (Å²) in [6.45, 7) is 6.26. The standard InChI is InChI=1S/C15H25N5O2/c1-3-4-7-19(2)13-12-16-18-14(17-13)20-8-5-15(6-9-20)21-10-11-22-15/h12H,3-11H2,1-2H3. The number of hydrogen-bond donors (Lipinski definition) is 0. The predicted molar refractivity (Wildman–Crippen MR) is 84.1 cm³/mol. The molecule has 3 heterocycles. The van der Waals surface area contributed by atoms with Crippen LogP contribution in [0.25, 0.3) is 0 Å². The molecule has 0 radical (unpaired) electrons. The van der Waals surface area contributed by atoms with E-state index in [-0.39, 0.29) is 5.79 Å². The zero-order valence-electron chi connectivity index (χ0n) is 13.5. The number of nitrogens with zero attached hydrogens (tertiary/aromatic N) is 5. The third-order valence-corrected chi connectivity index (χ3v) is 4.39. The summed E-state index contributed by atoms with van der Waals surface area (Å²) in [6, 6.07) is 0.